The Labute approximate surface area is 106 Å². The average Bonchev–Trinajstić information content (AvgIpc) is 2.24. The predicted molar refractivity (Wildman–Crippen MR) is 68.8 cm³/mol. The van der Waals surface area contributed by atoms with Crippen LogP contribution in [0.5, 0.6) is 0 Å². The lowest BCUT2D eigenvalue weighted by Crippen LogP contribution is -2.68. The van der Waals surface area contributed by atoms with Crippen LogP contribution in [-0.4, -0.2) is 59.3 Å². The molecule has 0 spiro atoms. The summed E-state index contributed by atoms with van der Waals surface area (Å²) in [5, 5.41) is 12.2. The van der Waals surface area contributed by atoms with Gasteiger partial charge in [-0.15, -0.1) is 0 Å². The predicted octanol–water partition coefficient (Wildman–Crippen LogP) is 1.14. The van der Waals surface area contributed by atoms with E-state index < -0.39 is 6.09 Å². The van der Waals surface area contributed by atoms with Crippen molar-refractivity contribution < 1.29 is 9.90 Å². The van der Waals surface area contributed by atoms with Gasteiger partial charge in [0, 0.05) is 37.9 Å². The molecule has 5 nitrogen and oxygen atoms in total. The van der Waals surface area contributed by atoms with Crippen LogP contribution in [0.3, 0.4) is 0 Å². The third kappa shape index (κ3) is 2.13. The molecule has 2 N–H and O–H groups in total. The number of likely N-dealkylation sites (tertiary alicyclic amines) is 2. The molecular formula is C13H17N3O2. The Morgan fingerprint density at radius 2 is 1.83 bits per heavy atom. The Morgan fingerprint density at radius 1 is 1.17 bits per heavy atom. The van der Waals surface area contributed by atoms with Crippen LogP contribution in [0, 0.1) is 0 Å². The lowest BCUT2D eigenvalue weighted by molar-refractivity contribution is 0.00133. The number of benzene rings is 1. The van der Waals surface area contributed by atoms with Crippen molar-refractivity contribution in [2.45, 2.75) is 12.1 Å². The minimum Gasteiger partial charge on any atom is -0.465 e. The van der Waals surface area contributed by atoms with Gasteiger partial charge in [-0.2, -0.15) is 0 Å². The number of para-hydroxylation sites is 1. The van der Waals surface area contributed by atoms with Crippen molar-refractivity contribution >= 4 is 11.8 Å². The standard InChI is InChI=1S/C13H17N3O2/c17-13(18)16-8-12(9-16)15-6-11(7-15)14-10-4-2-1-3-5-10/h1-5,11-12,14H,6-9H2,(H,17,18). The first kappa shape index (κ1) is 11.3. The summed E-state index contributed by atoms with van der Waals surface area (Å²) in [6, 6.07) is 11.1. The number of carboxylic acid groups (broad SMARTS) is 1. The number of hydrogen-bond acceptors (Lipinski definition) is 3. The molecule has 0 atom stereocenters. The molecule has 0 aromatic heterocycles. The first-order valence-corrected chi connectivity index (χ1v) is 6.26. The quantitative estimate of drug-likeness (QED) is 0.841. The van der Waals surface area contributed by atoms with Gasteiger partial charge < -0.3 is 15.3 Å². The van der Waals surface area contributed by atoms with Crippen LogP contribution in [0.4, 0.5) is 10.5 Å². The summed E-state index contributed by atoms with van der Waals surface area (Å²) in [4.78, 5) is 14.5. The molecule has 1 aromatic rings. The summed E-state index contributed by atoms with van der Waals surface area (Å²) in [5.74, 6) is 0. The summed E-state index contributed by atoms with van der Waals surface area (Å²) >= 11 is 0. The Morgan fingerprint density at radius 3 is 2.44 bits per heavy atom. The second-order valence-corrected chi connectivity index (χ2v) is 5.00. The largest absolute Gasteiger partial charge is 0.465 e. The number of carbonyl (C=O) groups is 1. The van der Waals surface area contributed by atoms with Crippen LogP contribution in [0.1, 0.15) is 0 Å². The summed E-state index contributed by atoms with van der Waals surface area (Å²) in [6.07, 6.45) is -0.800. The first-order valence-electron chi connectivity index (χ1n) is 6.26. The molecular weight excluding hydrogens is 230 g/mol. The summed E-state index contributed by atoms with van der Waals surface area (Å²) in [7, 11) is 0. The van der Waals surface area contributed by atoms with Crippen molar-refractivity contribution in [3.63, 3.8) is 0 Å². The number of rotatable bonds is 3. The summed E-state index contributed by atoms with van der Waals surface area (Å²) < 4.78 is 0. The van der Waals surface area contributed by atoms with Gasteiger partial charge in [0.2, 0.25) is 0 Å². The maximum Gasteiger partial charge on any atom is 0.407 e. The number of amides is 1. The van der Waals surface area contributed by atoms with Gasteiger partial charge in [0.25, 0.3) is 0 Å². The van der Waals surface area contributed by atoms with Crippen molar-refractivity contribution in [2.75, 3.05) is 31.5 Å². The summed E-state index contributed by atoms with van der Waals surface area (Å²) in [6.45, 7) is 3.33. The van der Waals surface area contributed by atoms with Gasteiger partial charge >= 0.3 is 6.09 Å². The normalized spacial score (nSPS) is 21.2. The smallest absolute Gasteiger partial charge is 0.407 e. The zero-order chi connectivity index (χ0) is 12.5. The molecule has 1 aromatic carbocycles. The Bertz CT molecular complexity index is 425. The molecule has 1 amide bonds. The van der Waals surface area contributed by atoms with Gasteiger partial charge in [0.15, 0.2) is 0 Å². The van der Waals surface area contributed by atoms with E-state index >= 15 is 0 Å². The second kappa shape index (κ2) is 4.49. The third-order valence-corrected chi connectivity index (χ3v) is 3.70. The molecule has 0 radical (unpaired) electrons. The van der Waals surface area contributed by atoms with E-state index in [2.05, 4.69) is 22.3 Å². The van der Waals surface area contributed by atoms with Gasteiger partial charge in [-0.25, -0.2) is 4.79 Å². The van der Waals surface area contributed by atoms with E-state index in [4.69, 9.17) is 5.11 Å². The molecule has 2 heterocycles. The highest BCUT2D eigenvalue weighted by atomic mass is 16.4. The van der Waals surface area contributed by atoms with E-state index in [1.807, 2.05) is 18.2 Å². The fourth-order valence-electron chi connectivity index (χ4n) is 2.51. The van der Waals surface area contributed by atoms with Crippen molar-refractivity contribution in [3.05, 3.63) is 30.3 Å². The van der Waals surface area contributed by atoms with Gasteiger partial charge in [-0.05, 0) is 12.1 Å². The maximum atomic E-state index is 10.7. The molecule has 2 fully saturated rings. The number of anilines is 1. The van der Waals surface area contributed by atoms with Crippen LogP contribution < -0.4 is 5.32 Å². The van der Waals surface area contributed by atoms with Crippen LogP contribution >= 0.6 is 0 Å². The number of nitrogens with one attached hydrogen (secondary N) is 1. The molecule has 5 heteroatoms. The van der Waals surface area contributed by atoms with E-state index in [0.717, 1.165) is 18.8 Å². The van der Waals surface area contributed by atoms with E-state index in [1.165, 1.54) is 4.90 Å². The highest BCUT2D eigenvalue weighted by Crippen LogP contribution is 2.22. The first-order chi connectivity index (χ1) is 8.72. The SMILES string of the molecule is O=C(O)N1CC(N2CC(Nc3ccccc3)C2)C1. The average molecular weight is 247 g/mol. The van der Waals surface area contributed by atoms with E-state index in [0.29, 0.717) is 25.2 Å². The van der Waals surface area contributed by atoms with Crippen LogP contribution in [0.15, 0.2) is 30.3 Å². The highest BCUT2D eigenvalue weighted by Gasteiger charge is 2.40. The lowest BCUT2D eigenvalue weighted by Gasteiger charge is -2.51. The van der Waals surface area contributed by atoms with Crippen LogP contribution in [0.25, 0.3) is 0 Å². The number of nitrogens with zero attached hydrogens (tertiary/aromatic N) is 2. The molecule has 2 aliphatic heterocycles. The van der Waals surface area contributed by atoms with Gasteiger partial charge in [0.1, 0.15) is 0 Å². The molecule has 0 bridgehead atoms. The Hall–Kier alpha value is -1.75. The lowest BCUT2D eigenvalue weighted by atomic mass is 10.00. The topological polar surface area (TPSA) is 55.8 Å². The molecule has 3 rings (SSSR count). The van der Waals surface area contributed by atoms with Crippen LogP contribution in [0.2, 0.25) is 0 Å². The van der Waals surface area contributed by atoms with Crippen molar-refractivity contribution in [1.29, 1.82) is 0 Å². The zero-order valence-corrected chi connectivity index (χ0v) is 10.1. The Balaban J connectivity index is 1.41. The zero-order valence-electron chi connectivity index (χ0n) is 10.1. The fourth-order valence-corrected chi connectivity index (χ4v) is 2.51. The van der Waals surface area contributed by atoms with Gasteiger partial charge in [-0.1, -0.05) is 18.2 Å². The maximum absolute atomic E-state index is 10.7. The van der Waals surface area contributed by atoms with Crippen molar-refractivity contribution in [3.8, 4) is 0 Å². The van der Waals surface area contributed by atoms with E-state index in [9.17, 15) is 4.79 Å². The van der Waals surface area contributed by atoms with Crippen molar-refractivity contribution in [1.82, 2.24) is 9.80 Å². The Kier molecular flexibility index (Phi) is 2.83. The molecule has 2 aliphatic rings. The van der Waals surface area contributed by atoms with E-state index in [1.54, 1.807) is 0 Å². The summed E-state index contributed by atoms with van der Waals surface area (Å²) in [5.41, 5.74) is 1.16. The van der Waals surface area contributed by atoms with Gasteiger partial charge in [-0.3, -0.25) is 4.90 Å². The van der Waals surface area contributed by atoms with Crippen LogP contribution in [-0.2, 0) is 0 Å². The highest BCUT2D eigenvalue weighted by molar-refractivity contribution is 5.66. The molecule has 0 unspecified atom stereocenters. The second-order valence-electron chi connectivity index (χ2n) is 5.00. The third-order valence-electron chi connectivity index (χ3n) is 3.70. The molecule has 2 saturated heterocycles. The van der Waals surface area contributed by atoms with Crippen molar-refractivity contribution in [2.24, 2.45) is 0 Å². The minimum absolute atomic E-state index is 0.426. The molecule has 96 valence electrons. The number of hydrogen-bond donors (Lipinski definition) is 2. The van der Waals surface area contributed by atoms with Gasteiger partial charge in [0.05, 0.1) is 6.04 Å². The molecule has 18 heavy (non-hydrogen) atoms. The minimum atomic E-state index is -0.800. The molecule has 0 aliphatic carbocycles. The fraction of sp³-hybridized carbons (Fsp3) is 0.462. The van der Waals surface area contributed by atoms with E-state index in [-0.39, 0.29) is 0 Å². The monoisotopic (exact) mass is 247 g/mol. The molecule has 0 saturated carbocycles.